The Morgan fingerprint density at radius 3 is 2.94 bits per heavy atom. The van der Waals surface area contributed by atoms with Gasteiger partial charge < -0.3 is 4.90 Å². The number of hydrogen-bond acceptors (Lipinski definition) is 1. The van der Waals surface area contributed by atoms with Crippen molar-refractivity contribution in [2.45, 2.75) is 18.9 Å². The van der Waals surface area contributed by atoms with E-state index >= 15 is 0 Å². The maximum atomic E-state index is 11.7. The highest BCUT2D eigenvalue weighted by molar-refractivity contribution is 6.31. The normalized spacial score (nSPS) is 19.8. The first kappa shape index (κ1) is 11.2. The largest absolute Gasteiger partial charge is 0.332 e. The highest BCUT2D eigenvalue weighted by Crippen LogP contribution is 2.35. The Balaban J connectivity index is 2.30. The van der Waals surface area contributed by atoms with Gasteiger partial charge in [-0.1, -0.05) is 36.4 Å². The van der Waals surface area contributed by atoms with E-state index in [1.807, 2.05) is 29.2 Å². The Morgan fingerprint density at radius 1 is 1.50 bits per heavy atom. The van der Waals surface area contributed by atoms with Crippen LogP contribution >= 0.6 is 11.6 Å². The number of likely N-dealkylation sites (tertiary alicyclic amines) is 1. The SMILES string of the molecule is C=CC(=O)N1CCC[C@H]1c1ccccc1Cl. The van der Waals surface area contributed by atoms with Crippen LogP contribution in [-0.4, -0.2) is 17.4 Å². The maximum Gasteiger partial charge on any atom is 0.246 e. The molecule has 0 N–H and O–H groups in total. The predicted octanol–water partition coefficient (Wildman–Crippen LogP) is 3.19. The molecule has 0 radical (unpaired) electrons. The smallest absolute Gasteiger partial charge is 0.246 e. The van der Waals surface area contributed by atoms with Gasteiger partial charge in [0.05, 0.1) is 6.04 Å². The summed E-state index contributed by atoms with van der Waals surface area (Å²) in [4.78, 5) is 13.5. The van der Waals surface area contributed by atoms with Gasteiger partial charge in [-0.25, -0.2) is 0 Å². The molecule has 1 heterocycles. The molecule has 3 heteroatoms. The first-order valence-corrected chi connectivity index (χ1v) is 5.79. The average molecular weight is 236 g/mol. The number of carbonyl (C=O) groups is 1. The molecule has 16 heavy (non-hydrogen) atoms. The molecular weight excluding hydrogens is 222 g/mol. The summed E-state index contributed by atoms with van der Waals surface area (Å²) in [6, 6.07) is 7.82. The second-order valence-electron chi connectivity index (χ2n) is 3.92. The zero-order chi connectivity index (χ0) is 11.5. The van der Waals surface area contributed by atoms with Crippen molar-refractivity contribution in [3.8, 4) is 0 Å². The fourth-order valence-electron chi connectivity index (χ4n) is 2.22. The van der Waals surface area contributed by atoms with Crippen molar-refractivity contribution in [2.24, 2.45) is 0 Å². The third-order valence-electron chi connectivity index (χ3n) is 2.97. The Hall–Kier alpha value is -1.28. The molecule has 1 saturated heterocycles. The van der Waals surface area contributed by atoms with Crippen LogP contribution in [0.1, 0.15) is 24.4 Å². The molecule has 0 saturated carbocycles. The van der Waals surface area contributed by atoms with Crippen LogP contribution in [0, 0.1) is 0 Å². The Bertz CT molecular complexity index is 416. The standard InChI is InChI=1S/C13H14ClNO/c1-2-13(16)15-9-5-8-12(15)10-6-3-4-7-11(10)14/h2-4,6-7,12H,1,5,8-9H2/t12-/m0/s1. The summed E-state index contributed by atoms with van der Waals surface area (Å²) in [5, 5.41) is 0.733. The molecule has 1 aromatic carbocycles. The van der Waals surface area contributed by atoms with Crippen LogP contribution in [0.15, 0.2) is 36.9 Å². The van der Waals surface area contributed by atoms with E-state index in [0.717, 1.165) is 30.0 Å². The van der Waals surface area contributed by atoms with E-state index in [2.05, 4.69) is 6.58 Å². The summed E-state index contributed by atoms with van der Waals surface area (Å²) >= 11 is 6.15. The molecule has 0 aromatic heterocycles. The monoisotopic (exact) mass is 235 g/mol. The third-order valence-corrected chi connectivity index (χ3v) is 3.32. The lowest BCUT2D eigenvalue weighted by Crippen LogP contribution is -2.28. The minimum atomic E-state index is -0.0116. The minimum absolute atomic E-state index is 0.0116. The summed E-state index contributed by atoms with van der Waals surface area (Å²) in [5.74, 6) is -0.0116. The number of nitrogens with zero attached hydrogens (tertiary/aromatic N) is 1. The van der Waals surface area contributed by atoms with E-state index in [1.165, 1.54) is 6.08 Å². The second kappa shape index (κ2) is 4.71. The molecule has 1 fully saturated rings. The lowest BCUT2D eigenvalue weighted by molar-refractivity contribution is -0.126. The van der Waals surface area contributed by atoms with Gasteiger partial charge in [-0.3, -0.25) is 4.79 Å². The molecule has 1 atom stereocenters. The molecule has 2 rings (SSSR count). The van der Waals surface area contributed by atoms with Gasteiger partial charge in [-0.2, -0.15) is 0 Å². The first-order chi connectivity index (χ1) is 7.74. The van der Waals surface area contributed by atoms with Crippen molar-refractivity contribution >= 4 is 17.5 Å². The van der Waals surface area contributed by atoms with Gasteiger partial charge >= 0.3 is 0 Å². The Morgan fingerprint density at radius 2 is 2.25 bits per heavy atom. The van der Waals surface area contributed by atoms with Gasteiger partial charge in [0.15, 0.2) is 0 Å². The van der Waals surface area contributed by atoms with E-state index in [-0.39, 0.29) is 11.9 Å². The molecule has 1 aromatic rings. The number of halogens is 1. The first-order valence-electron chi connectivity index (χ1n) is 5.41. The van der Waals surface area contributed by atoms with Crippen molar-refractivity contribution in [3.63, 3.8) is 0 Å². The molecule has 0 bridgehead atoms. The van der Waals surface area contributed by atoms with Gasteiger partial charge in [-0.05, 0) is 30.5 Å². The zero-order valence-electron chi connectivity index (χ0n) is 9.03. The summed E-state index contributed by atoms with van der Waals surface area (Å²) in [6.07, 6.45) is 3.37. The fraction of sp³-hybridized carbons (Fsp3) is 0.308. The molecule has 1 aliphatic heterocycles. The van der Waals surface area contributed by atoms with E-state index < -0.39 is 0 Å². The van der Waals surface area contributed by atoms with E-state index in [4.69, 9.17) is 11.6 Å². The van der Waals surface area contributed by atoms with Gasteiger partial charge in [0.1, 0.15) is 0 Å². The van der Waals surface area contributed by atoms with Crippen molar-refractivity contribution in [1.82, 2.24) is 4.90 Å². The highest BCUT2D eigenvalue weighted by Gasteiger charge is 2.29. The average Bonchev–Trinajstić information content (AvgIpc) is 2.77. The second-order valence-corrected chi connectivity index (χ2v) is 4.32. The van der Waals surface area contributed by atoms with Crippen LogP contribution < -0.4 is 0 Å². The Labute approximate surface area is 101 Å². The van der Waals surface area contributed by atoms with E-state index in [9.17, 15) is 4.79 Å². The van der Waals surface area contributed by atoms with Gasteiger partial charge in [0.2, 0.25) is 5.91 Å². The molecule has 84 valence electrons. The summed E-state index contributed by atoms with van der Waals surface area (Å²) in [6.45, 7) is 4.32. The van der Waals surface area contributed by atoms with Crippen LogP contribution in [0.3, 0.4) is 0 Å². The topological polar surface area (TPSA) is 20.3 Å². The molecule has 0 spiro atoms. The summed E-state index contributed by atoms with van der Waals surface area (Å²) < 4.78 is 0. The number of hydrogen-bond donors (Lipinski definition) is 0. The quantitative estimate of drug-likeness (QED) is 0.721. The van der Waals surface area contributed by atoms with Gasteiger partial charge in [0.25, 0.3) is 0 Å². The van der Waals surface area contributed by atoms with Crippen molar-refractivity contribution in [3.05, 3.63) is 47.5 Å². The van der Waals surface area contributed by atoms with E-state index in [0.29, 0.717) is 0 Å². The molecule has 2 nitrogen and oxygen atoms in total. The number of carbonyl (C=O) groups excluding carboxylic acids is 1. The molecule has 0 unspecified atom stereocenters. The number of rotatable bonds is 2. The maximum absolute atomic E-state index is 11.7. The van der Waals surface area contributed by atoms with Gasteiger partial charge in [-0.15, -0.1) is 0 Å². The lowest BCUT2D eigenvalue weighted by Gasteiger charge is -2.24. The van der Waals surface area contributed by atoms with Crippen LogP contribution in [0.5, 0.6) is 0 Å². The molecule has 1 amide bonds. The summed E-state index contributed by atoms with van der Waals surface area (Å²) in [7, 11) is 0. The van der Waals surface area contributed by atoms with Crippen molar-refractivity contribution < 1.29 is 4.79 Å². The minimum Gasteiger partial charge on any atom is -0.332 e. The lowest BCUT2D eigenvalue weighted by atomic mass is 10.0. The number of benzene rings is 1. The van der Waals surface area contributed by atoms with Crippen LogP contribution in [0.2, 0.25) is 5.02 Å². The van der Waals surface area contributed by atoms with Gasteiger partial charge in [0, 0.05) is 11.6 Å². The van der Waals surface area contributed by atoms with Crippen LogP contribution in [-0.2, 0) is 4.79 Å². The van der Waals surface area contributed by atoms with Crippen molar-refractivity contribution in [1.29, 1.82) is 0 Å². The fourth-order valence-corrected chi connectivity index (χ4v) is 2.48. The van der Waals surface area contributed by atoms with Crippen LogP contribution in [0.4, 0.5) is 0 Å². The zero-order valence-corrected chi connectivity index (χ0v) is 9.78. The predicted molar refractivity (Wildman–Crippen MR) is 65.3 cm³/mol. The van der Waals surface area contributed by atoms with E-state index in [1.54, 1.807) is 0 Å². The summed E-state index contributed by atoms with van der Waals surface area (Å²) in [5.41, 5.74) is 1.04. The number of amides is 1. The highest BCUT2D eigenvalue weighted by atomic mass is 35.5. The Kier molecular flexibility index (Phi) is 3.30. The van der Waals surface area contributed by atoms with Crippen molar-refractivity contribution in [2.75, 3.05) is 6.54 Å². The van der Waals surface area contributed by atoms with Crippen LogP contribution in [0.25, 0.3) is 0 Å². The third kappa shape index (κ3) is 1.98. The molecular formula is C13H14ClNO. The molecule has 0 aliphatic carbocycles. The molecule has 1 aliphatic rings.